The summed E-state index contributed by atoms with van der Waals surface area (Å²) in [6, 6.07) is 8.44. The van der Waals surface area contributed by atoms with Gasteiger partial charge in [0, 0.05) is 18.8 Å². The number of aliphatic imine (C=N–C) groups is 1. The Morgan fingerprint density at radius 1 is 1.32 bits per heavy atom. The molecule has 0 bridgehead atoms. The van der Waals surface area contributed by atoms with Crippen molar-refractivity contribution in [3.8, 4) is 0 Å². The van der Waals surface area contributed by atoms with Gasteiger partial charge in [-0.2, -0.15) is 0 Å². The number of hydrogen-bond donors (Lipinski definition) is 2. The van der Waals surface area contributed by atoms with Crippen molar-refractivity contribution in [3.63, 3.8) is 0 Å². The molecule has 1 rings (SSSR count). The molecule has 0 aromatic heterocycles. The highest BCUT2D eigenvalue weighted by molar-refractivity contribution is 5.30. The standard InChI is InChI=1S/C15H22N2O.CH4/c1-12-6-8-14(9-7-12)11-17-13(2)15(16-3)5-4-10-18;/h6-9,17-18H,3-5,10-11H2,1-2H3;1H4/b15-13-;. The van der Waals surface area contributed by atoms with Gasteiger partial charge in [-0.15, -0.1) is 0 Å². The molecule has 0 atom stereocenters. The highest BCUT2D eigenvalue weighted by Crippen LogP contribution is 2.11. The summed E-state index contributed by atoms with van der Waals surface area (Å²) in [5, 5.41) is 12.2. The van der Waals surface area contributed by atoms with Gasteiger partial charge in [0.15, 0.2) is 0 Å². The van der Waals surface area contributed by atoms with Crippen molar-refractivity contribution in [2.24, 2.45) is 4.99 Å². The second kappa shape index (κ2) is 9.34. The molecular formula is C16H26N2O. The number of aliphatic hydroxyl groups is 1. The van der Waals surface area contributed by atoms with Crippen LogP contribution in [0.25, 0.3) is 0 Å². The van der Waals surface area contributed by atoms with Crippen LogP contribution in [0.2, 0.25) is 0 Å². The molecule has 0 aliphatic rings. The Morgan fingerprint density at radius 3 is 2.47 bits per heavy atom. The van der Waals surface area contributed by atoms with Gasteiger partial charge in [-0.1, -0.05) is 37.3 Å². The van der Waals surface area contributed by atoms with Gasteiger partial charge in [-0.25, -0.2) is 0 Å². The largest absolute Gasteiger partial charge is 0.396 e. The second-order valence-electron chi connectivity index (χ2n) is 4.40. The molecule has 0 spiro atoms. The lowest BCUT2D eigenvalue weighted by Gasteiger charge is -2.10. The molecule has 0 aliphatic heterocycles. The third-order valence-corrected chi connectivity index (χ3v) is 2.87. The SMILES string of the molecule is C.C=N/C(CCCO)=C(/C)NCc1ccc(C)cc1. The third-order valence-electron chi connectivity index (χ3n) is 2.87. The number of benzene rings is 1. The summed E-state index contributed by atoms with van der Waals surface area (Å²) >= 11 is 0. The van der Waals surface area contributed by atoms with Crippen LogP contribution in [-0.2, 0) is 6.54 Å². The molecule has 0 radical (unpaired) electrons. The zero-order chi connectivity index (χ0) is 13.4. The van der Waals surface area contributed by atoms with Gasteiger partial charge in [-0.05, 0) is 39.0 Å². The van der Waals surface area contributed by atoms with Crippen LogP contribution in [0.1, 0.15) is 38.3 Å². The van der Waals surface area contributed by atoms with Crippen LogP contribution in [0.15, 0.2) is 40.7 Å². The van der Waals surface area contributed by atoms with Crippen LogP contribution in [0.5, 0.6) is 0 Å². The van der Waals surface area contributed by atoms with E-state index in [1.165, 1.54) is 11.1 Å². The molecule has 0 aliphatic carbocycles. The zero-order valence-electron chi connectivity index (χ0n) is 11.2. The Hall–Kier alpha value is -1.61. The summed E-state index contributed by atoms with van der Waals surface area (Å²) in [6.45, 7) is 8.61. The molecule has 2 N–H and O–H groups in total. The average Bonchev–Trinajstić information content (AvgIpc) is 2.39. The van der Waals surface area contributed by atoms with E-state index in [2.05, 4.69) is 48.2 Å². The van der Waals surface area contributed by atoms with E-state index in [4.69, 9.17) is 5.11 Å². The lowest BCUT2D eigenvalue weighted by atomic mass is 10.1. The number of aliphatic hydroxyl groups excluding tert-OH is 1. The van der Waals surface area contributed by atoms with Gasteiger partial charge >= 0.3 is 0 Å². The Morgan fingerprint density at radius 2 is 1.95 bits per heavy atom. The van der Waals surface area contributed by atoms with Crippen LogP contribution in [0, 0.1) is 6.92 Å². The molecule has 106 valence electrons. The van der Waals surface area contributed by atoms with Gasteiger partial charge in [0.05, 0.1) is 5.70 Å². The van der Waals surface area contributed by atoms with E-state index in [1.54, 1.807) is 0 Å². The zero-order valence-corrected chi connectivity index (χ0v) is 11.2. The molecule has 3 nitrogen and oxygen atoms in total. The first-order chi connectivity index (χ1) is 8.67. The molecule has 0 fully saturated rings. The maximum absolute atomic E-state index is 8.82. The fourth-order valence-electron chi connectivity index (χ4n) is 1.67. The summed E-state index contributed by atoms with van der Waals surface area (Å²) in [6.07, 6.45) is 1.48. The van der Waals surface area contributed by atoms with Gasteiger partial charge in [0.2, 0.25) is 0 Å². The summed E-state index contributed by atoms with van der Waals surface area (Å²) in [7, 11) is 0. The van der Waals surface area contributed by atoms with Crippen molar-refractivity contribution in [2.75, 3.05) is 6.61 Å². The van der Waals surface area contributed by atoms with E-state index < -0.39 is 0 Å². The highest BCUT2D eigenvalue weighted by Gasteiger charge is 2.00. The summed E-state index contributed by atoms with van der Waals surface area (Å²) in [5.74, 6) is 0. The molecule has 0 amide bonds. The normalized spacial score (nSPS) is 11.3. The fraction of sp³-hybridized carbons (Fsp3) is 0.438. The molecular weight excluding hydrogens is 236 g/mol. The molecule has 3 heteroatoms. The number of nitrogens with one attached hydrogen (secondary N) is 1. The molecule has 19 heavy (non-hydrogen) atoms. The average molecular weight is 262 g/mol. The van der Waals surface area contributed by atoms with Crippen LogP contribution in [0.3, 0.4) is 0 Å². The summed E-state index contributed by atoms with van der Waals surface area (Å²) < 4.78 is 0. The van der Waals surface area contributed by atoms with Gasteiger partial charge in [0.25, 0.3) is 0 Å². The third kappa shape index (κ3) is 6.20. The number of hydrogen-bond acceptors (Lipinski definition) is 3. The molecule has 0 unspecified atom stereocenters. The maximum Gasteiger partial charge on any atom is 0.0583 e. The maximum atomic E-state index is 8.82. The Kier molecular flexibility index (Phi) is 8.55. The minimum atomic E-state index is 0. The Labute approximate surface area is 117 Å². The van der Waals surface area contributed by atoms with E-state index >= 15 is 0 Å². The van der Waals surface area contributed by atoms with E-state index in [0.29, 0.717) is 0 Å². The molecule has 0 saturated carbocycles. The number of rotatable bonds is 7. The Bertz CT molecular complexity index is 407. The second-order valence-corrected chi connectivity index (χ2v) is 4.40. The minimum Gasteiger partial charge on any atom is -0.396 e. The molecule has 0 heterocycles. The first kappa shape index (κ1) is 17.4. The molecule has 1 aromatic rings. The predicted octanol–water partition coefficient (Wildman–Crippen LogP) is 3.43. The van der Waals surface area contributed by atoms with Gasteiger partial charge in [0.1, 0.15) is 0 Å². The van der Waals surface area contributed by atoms with Crippen LogP contribution < -0.4 is 5.32 Å². The first-order valence-corrected chi connectivity index (χ1v) is 6.24. The topological polar surface area (TPSA) is 44.6 Å². The van der Waals surface area contributed by atoms with Crippen LogP contribution >= 0.6 is 0 Å². The quantitative estimate of drug-likeness (QED) is 0.739. The number of allylic oxidation sites excluding steroid dienone is 2. The van der Waals surface area contributed by atoms with Gasteiger partial charge < -0.3 is 10.4 Å². The summed E-state index contributed by atoms with van der Waals surface area (Å²) in [4.78, 5) is 4.01. The summed E-state index contributed by atoms with van der Waals surface area (Å²) in [5.41, 5.74) is 4.46. The van der Waals surface area contributed by atoms with E-state index in [1.807, 2.05) is 6.92 Å². The van der Waals surface area contributed by atoms with Crippen molar-refractivity contribution in [3.05, 3.63) is 46.8 Å². The molecule has 1 aromatic carbocycles. The number of nitrogens with zero attached hydrogens (tertiary/aromatic N) is 1. The fourth-order valence-corrected chi connectivity index (χ4v) is 1.67. The monoisotopic (exact) mass is 262 g/mol. The highest BCUT2D eigenvalue weighted by atomic mass is 16.2. The van der Waals surface area contributed by atoms with Crippen molar-refractivity contribution >= 4 is 6.72 Å². The lowest BCUT2D eigenvalue weighted by Crippen LogP contribution is -2.12. The molecule has 0 saturated heterocycles. The van der Waals surface area contributed by atoms with Crippen LogP contribution in [-0.4, -0.2) is 18.4 Å². The van der Waals surface area contributed by atoms with Crippen molar-refractivity contribution in [1.29, 1.82) is 0 Å². The van der Waals surface area contributed by atoms with E-state index in [9.17, 15) is 0 Å². The van der Waals surface area contributed by atoms with Crippen LogP contribution in [0.4, 0.5) is 0 Å². The van der Waals surface area contributed by atoms with Crippen molar-refractivity contribution in [2.45, 2.75) is 40.7 Å². The van der Waals surface area contributed by atoms with E-state index in [-0.39, 0.29) is 14.0 Å². The smallest absolute Gasteiger partial charge is 0.0583 e. The Balaban J connectivity index is 0.00000324. The predicted molar refractivity (Wildman–Crippen MR) is 83.3 cm³/mol. The van der Waals surface area contributed by atoms with Crippen molar-refractivity contribution < 1.29 is 5.11 Å². The lowest BCUT2D eigenvalue weighted by molar-refractivity contribution is 0.288. The minimum absolute atomic E-state index is 0. The first-order valence-electron chi connectivity index (χ1n) is 6.24. The van der Waals surface area contributed by atoms with E-state index in [0.717, 1.165) is 30.8 Å². The van der Waals surface area contributed by atoms with Crippen molar-refractivity contribution in [1.82, 2.24) is 5.32 Å². The van der Waals surface area contributed by atoms with Gasteiger partial charge in [-0.3, -0.25) is 4.99 Å². The number of aryl methyl sites for hydroxylation is 1.